The number of cyclic esters (lactones) is 1. The van der Waals surface area contributed by atoms with Crippen LogP contribution >= 0.6 is 11.3 Å². The summed E-state index contributed by atoms with van der Waals surface area (Å²) in [5, 5.41) is 1.88. The molecule has 1 aliphatic heterocycles. The van der Waals surface area contributed by atoms with Crippen molar-refractivity contribution >= 4 is 29.3 Å². The highest BCUT2D eigenvalue weighted by Gasteiger charge is 2.24. The lowest BCUT2D eigenvalue weighted by Crippen LogP contribution is -2.03. The van der Waals surface area contributed by atoms with Crippen LogP contribution in [-0.2, 0) is 16.1 Å². The molecular formula is C22H16FNO4S. The van der Waals surface area contributed by atoms with Crippen molar-refractivity contribution in [1.29, 1.82) is 0 Å². The molecule has 5 nitrogen and oxygen atoms in total. The molecule has 0 spiro atoms. The second kappa shape index (κ2) is 8.28. The summed E-state index contributed by atoms with van der Waals surface area (Å²) in [5.41, 5.74) is 1.30. The molecule has 29 heavy (non-hydrogen) atoms. The first-order valence-electron chi connectivity index (χ1n) is 8.75. The minimum atomic E-state index is -0.516. The van der Waals surface area contributed by atoms with Crippen molar-refractivity contribution < 1.29 is 23.4 Å². The number of esters is 1. The predicted molar refractivity (Wildman–Crippen MR) is 109 cm³/mol. The van der Waals surface area contributed by atoms with Crippen LogP contribution in [0.5, 0.6) is 11.5 Å². The van der Waals surface area contributed by atoms with Crippen molar-refractivity contribution in [2.75, 3.05) is 7.11 Å². The number of methoxy groups -OCH3 is 1. The summed E-state index contributed by atoms with van der Waals surface area (Å²) in [6, 6.07) is 15.3. The monoisotopic (exact) mass is 409 g/mol. The Kier molecular flexibility index (Phi) is 5.39. The second-order valence-corrected chi connectivity index (χ2v) is 7.05. The van der Waals surface area contributed by atoms with Gasteiger partial charge in [0.05, 0.1) is 12.0 Å². The Hall–Kier alpha value is -3.45. The molecule has 2 heterocycles. The van der Waals surface area contributed by atoms with Gasteiger partial charge in [-0.1, -0.05) is 30.3 Å². The van der Waals surface area contributed by atoms with Gasteiger partial charge in [0.15, 0.2) is 17.2 Å². The van der Waals surface area contributed by atoms with Crippen LogP contribution < -0.4 is 9.47 Å². The highest BCUT2D eigenvalue weighted by Crippen LogP contribution is 2.31. The number of nitrogens with zero attached hydrogens (tertiary/aromatic N) is 1. The molecule has 3 aromatic rings. The summed E-state index contributed by atoms with van der Waals surface area (Å²) in [6.45, 7) is 0.0474. The van der Waals surface area contributed by atoms with Crippen LogP contribution in [0.15, 0.2) is 70.7 Å². The Morgan fingerprint density at radius 3 is 2.76 bits per heavy atom. The second-order valence-electron chi connectivity index (χ2n) is 6.10. The summed E-state index contributed by atoms with van der Waals surface area (Å²) < 4.78 is 30.2. The van der Waals surface area contributed by atoms with Crippen molar-refractivity contribution in [3.63, 3.8) is 0 Å². The number of hydrogen-bond donors (Lipinski definition) is 0. The lowest BCUT2D eigenvalue weighted by atomic mass is 10.1. The van der Waals surface area contributed by atoms with E-state index < -0.39 is 5.97 Å². The molecule has 0 unspecified atom stereocenters. The molecule has 1 aromatic heterocycles. The number of halogens is 1. The normalized spacial score (nSPS) is 14.6. The zero-order valence-electron chi connectivity index (χ0n) is 15.4. The smallest absolute Gasteiger partial charge is 0.363 e. The van der Waals surface area contributed by atoms with E-state index in [1.54, 1.807) is 42.5 Å². The largest absolute Gasteiger partial charge is 0.493 e. The molecule has 0 radical (unpaired) electrons. The number of benzene rings is 2. The minimum absolute atomic E-state index is 0.0474. The minimum Gasteiger partial charge on any atom is -0.493 e. The summed E-state index contributed by atoms with van der Waals surface area (Å²) >= 11 is 1.44. The third kappa shape index (κ3) is 4.20. The molecule has 1 aliphatic rings. The van der Waals surface area contributed by atoms with Crippen LogP contribution in [0.25, 0.3) is 6.08 Å². The summed E-state index contributed by atoms with van der Waals surface area (Å²) in [7, 11) is 1.52. The maximum atomic E-state index is 13.8. The number of rotatable bonds is 6. The molecule has 0 aliphatic carbocycles. The van der Waals surface area contributed by atoms with Gasteiger partial charge in [0, 0.05) is 5.56 Å². The average molecular weight is 409 g/mol. The maximum absolute atomic E-state index is 13.8. The fourth-order valence-corrected chi connectivity index (χ4v) is 3.39. The number of thiophene rings is 1. The molecule has 2 aromatic carbocycles. The first kappa shape index (κ1) is 18.9. The topological polar surface area (TPSA) is 57.1 Å². The van der Waals surface area contributed by atoms with E-state index in [1.165, 1.54) is 24.5 Å². The average Bonchev–Trinajstić information content (AvgIpc) is 3.38. The van der Waals surface area contributed by atoms with Gasteiger partial charge in [-0.05, 0) is 41.3 Å². The Bertz CT molecular complexity index is 1110. The zero-order chi connectivity index (χ0) is 20.2. The van der Waals surface area contributed by atoms with Crippen molar-refractivity contribution in [1.82, 2.24) is 0 Å². The van der Waals surface area contributed by atoms with Gasteiger partial charge in [0.2, 0.25) is 5.90 Å². The Balaban J connectivity index is 1.58. The number of carbonyl (C=O) groups excluding carboxylic acids is 1. The molecule has 0 saturated heterocycles. The van der Waals surface area contributed by atoms with E-state index in [9.17, 15) is 9.18 Å². The van der Waals surface area contributed by atoms with Gasteiger partial charge in [-0.15, -0.1) is 11.3 Å². The van der Waals surface area contributed by atoms with Gasteiger partial charge in [-0.25, -0.2) is 14.2 Å². The third-order valence-corrected chi connectivity index (χ3v) is 5.04. The Labute approximate surface area is 170 Å². The van der Waals surface area contributed by atoms with Crippen molar-refractivity contribution in [3.8, 4) is 11.5 Å². The number of ether oxygens (including phenoxy) is 3. The van der Waals surface area contributed by atoms with Gasteiger partial charge < -0.3 is 14.2 Å². The van der Waals surface area contributed by atoms with E-state index in [0.717, 1.165) is 4.88 Å². The summed E-state index contributed by atoms with van der Waals surface area (Å²) in [6.07, 6.45) is 1.61. The molecule has 146 valence electrons. The van der Waals surface area contributed by atoms with Gasteiger partial charge in [-0.3, -0.25) is 0 Å². The summed E-state index contributed by atoms with van der Waals surface area (Å²) in [5.74, 6) is 0.368. The van der Waals surface area contributed by atoms with E-state index in [0.29, 0.717) is 28.5 Å². The summed E-state index contributed by atoms with van der Waals surface area (Å²) in [4.78, 5) is 17.2. The molecule has 0 atom stereocenters. The van der Waals surface area contributed by atoms with Crippen LogP contribution in [0.4, 0.5) is 4.39 Å². The van der Waals surface area contributed by atoms with Gasteiger partial charge in [0.1, 0.15) is 12.4 Å². The van der Waals surface area contributed by atoms with E-state index >= 15 is 0 Å². The van der Waals surface area contributed by atoms with E-state index in [-0.39, 0.29) is 18.1 Å². The van der Waals surface area contributed by atoms with Crippen LogP contribution in [0.3, 0.4) is 0 Å². The third-order valence-electron chi connectivity index (χ3n) is 4.18. The quantitative estimate of drug-likeness (QED) is 0.433. The predicted octanol–water partition coefficient (Wildman–Crippen LogP) is 4.82. The molecule has 7 heteroatoms. The molecule has 0 N–H and O–H groups in total. The lowest BCUT2D eigenvalue weighted by Gasteiger charge is -2.12. The van der Waals surface area contributed by atoms with Crippen LogP contribution in [0, 0.1) is 5.82 Å². The molecular weight excluding hydrogens is 393 g/mol. The standard InChI is InChI=1S/C22H16FNO4S/c1-26-18-9-8-14(12-19(18)27-13-15-5-2-3-6-16(15)23)11-17-22(25)28-21(24-17)20-7-4-10-29-20/h2-12H,13H2,1H3. The highest BCUT2D eigenvalue weighted by atomic mass is 32.1. The molecule has 0 amide bonds. The van der Waals surface area contributed by atoms with Gasteiger partial charge in [-0.2, -0.15) is 0 Å². The van der Waals surface area contributed by atoms with Crippen molar-refractivity contribution in [2.24, 2.45) is 4.99 Å². The maximum Gasteiger partial charge on any atom is 0.363 e. The Morgan fingerprint density at radius 1 is 1.14 bits per heavy atom. The molecule has 4 rings (SSSR count). The van der Waals surface area contributed by atoms with E-state index in [4.69, 9.17) is 14.2 Å². The van der Waals surface area contributed by atoms with Crippen molar-refractivity contribution in [3.05, 3.63) is 87.5 Å². The zero-order valence-corrected chi connectivity index (χ0v) is 16.2. The van der Waals surface area contributed by atoms with Crippen LogP contribution in [-0.4, -0.2) is 19.0 Å². The first-order chi connectivity index (χ1) is 14.1. The number of hydrogen-bond acceptors (Lipinski definition) is 6. The SMILES string of the molecule is COc1ccc(C=C2N=C(c3cccs3)OC2=O)cc1OCc1ccccc1F. The van der Waals surface area contributed by atoms with Crippen LogP contribution in [0.1, 0.15) is 16.0 Å². The Morgan fingerprint density at radius 2 is 2.00 bits per heavy atom. The molecule has 0 bridgehead atoms. The van der Waals surface area contributed by atoms with Gasteiger partial charge in [0.25, 0.3) is 0 Å². The van der Waals surface area contributed by atoms with E-state index in [2.05, 4.69) is 4.99 Å². The van der Waals surface area contributed by atoms with Crippen LogP contribution in [0.2, 0.25) is 0 Å². The lowest BCUT2D eigenvalue weighted by molar-refractivity contribution is -0.129. The molecule has 0 saturated carbocycles. The first-order valence-corrected chi connectivity index (χ1v) is 9.62. The number of aliphatic imine (C=N–C) groups is 1. The highest BCUT2D eigenvalue weighted by molar-refractivity contribution is 7.12. The fraction of sp³-hybridized carbons (Fsp3) is 0.0909. The van der Waals surface area contributed by atoms with E-state index in [1.807, 2.05) is 17.5 Å². The fourth-order valence-electron chi connectivity index (χ4n) is 2.74. The molecule has 0 fully saturated rings. The number of carbonyl (C=O) groups is 1. The van der Waals surface area contributed by atoms with Gasteiger partial charge >= 0.3 is 5.97 Å². The van der Waals surface area contributed by atoms with Crippen molar-refractivity contribution in [2.45, 2.75) is 6.61 Å².